The minimum absolute atomic E-state index is 0.129. The van der Waals surface area contributed by atoms with Crippen LogP contribution in [0, 0.1) is 0 Å². The molecule has 3 heterocycles. The molecule has 31 heavy (non-hydrogen) atoms. The number of carbonyl (C=O) groups excluding carboxylic acids is 1. The molecule has 1 aromatic carbocycles. The number of pyridine rings is 2. The van der Waals surface area contributed by atoms with Crippen LogP contribution in [0.5, 0.6) is 5.75 Å². The number of thioether (sulfide) groups is 1. The van der Waals surface area contributed by atoms with Crippen molar-refractivity contribution in [1.29, 1.82) is 0 Å². The quantitative estimate of drug-likeness (QED) is 0.576. The normalized spacial score (nSPS) is 16.8. The molecule has 0 spiro atoms. The van der Waals surface area contributed by atoms with E-state index in [4.69, 9.17) is 4.74 Å². The molecule has 3 aromatic rings. The molecule has 0 radical (unpaired) electrons. The summed E-state index contributed by atoms with van der Waals surface area (Å²) in [6, 6.07) is 11.6. The number of alkyl halides is 2. The highest BCUT2D eigenvalue weighted by atomic mass is 32.2. The van der Waals surface area contributed by atoms with E-state index < -0.39 is 12.5 Å². The zero-order valence-electron chi connectivity index (χ0n) is 16.5. The summed E-state index contributed by atoms with van der Waals surface area (Å²) < 4.78 is 34.2. The third-order valence-electron chi connectivity index (χ3n) is 4.43. The van der Waals surface area contributed by atoms with E-state index in [9.17, 15) is 13.6 Å². The second kappa shape index (κ2) is 8.81. The van der Waals surface area contributed by atoms with Gasteiger partial charge in [-0.3, -0.25) is 19.8 Å². The largest absolute Gasteiger partial charge is 0.493 e. The first-order valence-corrected chi connectivity index (χ1v) is 10.3. The topological polar surface area (TPSA) is 76.5 Å². The number of benzene rings is 1. The van der Waals surface area contributed by atoms with Crippen molar-refractivity contribution in [3.8, 4) is 5.75 Å². The number of hydrogen-bond donors (Lipinski definition) is 1. The molecule has 0 atom stereocenters. The first-order chi connectivity index (χ1) is 15.0. The van der Waals surface area contributed by atoms with Gasteiger partial charge in [0.1, 0.15) is 18.0 Å². The van der Waals surface area contributed by atoms with Crippen molar-refractivity contribution in [2.75, 3.05) is 13.2 Å². The molecule has 9 heteroatoms. The SMILES string of the molecule is CCOc1ccnc2ccc(/C=C3\SC(=NCC(F)(F)c4ccccn4)NC3=O)cc12. The maximum Gasteiger partial charge on any atom is 0.308 e. The monoisotopic (exact) mass is 440 g/mol. The first kappa shape index (κ1) is 20.9. The van der Waals surface area contributed by atoms with Gasteiger partial charge in [-0.25, -0.2) is 0 Å². The molecule has 0 aliphatic carbocycles. The van der Waals surface area contributed by atoms with E-state index in [1.807, 2.05) is 25.1 Å². The van der Waals surface area contributed by atoms with E-state index in [2.05, 4.69) is 20.3 Å². The highest BCUT2D eigenvalue weighted by molar-refractivity contribution is 8.18. The molecule has 2 aromatic heterocycles. The zero-order chi connectivity index (χ0) is 21.8. The Morgan fingerprint density at radius 1 is 1.19 bits per heavy atom. The Labute approximate surface area is 181 Å². The summed E-state index contributed by atoms with van der Waals surface area (Å²) in [4.78, 5) is 24.6. The van der Waals surface area contributed by atoms with Crippen LogP contribution in [0.3, 0.4) is 0 Å². The third-order valence-corrected chi connectivity index (χ3v) is 5.38. The second-order valence-corrected chi connectivity index (χ2v) is 7.65. The van der Waals surface area contributed by atoms with Gasteiger partial charge in [0.15, 0.2) is 5.17 Å². The number of fused-ring (bicyclic) bond motifs is 1. The number of amides is 1. The molecule has 1 aliphatic rings. The lowest BCUT2D eigenvalue weighted by Crippen LogP contribution is -2.24. The van der Waals surface area contributed by atoms with Crippen LogP contribution in [0.25, 0.3) is 17.0 Å². The number of carbonyl (C=O) groups is 1. The molecule has 1 N–H and O–H groups in total. The summed E-state index contributed by atoms with van der Waals surface area (Å²) in [5.41, 5.74) is 1.18. The lowest BCUT2D eigenvalue weighted by Gasteiger charge is -2.12. The molecule has 4 rings (SSSR count). The van der Waals surface area contributed by atoms with Gasteiger partial charge < -0.3 is 10.1 Å². The molecule has 0 bridgehead atoms. The molecular weight excluding hydrogens is 422 g/mol. The van der Waals surface area contributed by atoms with Gasteiger partial charge in [0.05, 0.1) is 17.0 Å². The fraction of sp³-hybridized carbons (Fsp3) is 0.182. The predicted molar refractivity (Wildman–Crippen MR) is 117 cm³/mol. The Hall–Kier alpha value is -3.33. The number of rotatable bonds is 6. The minimum atomic E-state index is -3.23. The lowest BCUT2D eigenvalue weighted by molar-refractivity contribution is -0.115. The smallest absolute Gasteiger partial charge is 0.308 e. The number of hydrogen-bond acceptors (Lipinski definition) is 6. The number of aliphatic imine (C=N–C) groups is 1. The maximum atomic E-state index is 14.3. The Bertz CT molecular complexity index is 1180. The van der Waals surface area contributed by atoms with Crippen LogP contribution in [0.15, 0.2) is 64.8 Å². The zero-order valence-corrected chi connectivity index (χ0v) is 17.3. The summed E-state index contributed by atoms with van der Waals surface area (Å²) >= 11 is 1.02. The van der Waals surface area contributed by atoms with Gasteiger partial charge in [0, 0.05) is 17.8 Å². The van der Waals surface area contributed by atoms with Crippen molar-refractivity contribution < 1.29 is 18.3 Å². The van der Waals surface area contributed by atoms with Crippen LogP contribution in [-0.4, -0.2) is 34.2 Å². The summed E-state index contributed by atoms with van der Waals surface area (Å²) in [5, 5.41) is 3.49. The molecule has 1 amide bonds. The number of halogens is 2. The van der Waals surface area contributed by atoms with Crippen molar-refractivity contribution in [2.45, 2.75) is 12.8 Å². The lowest BCUT2D eigenvalue weighted by atomic mass is 10.1. The standard InChI is InChI=1S/C22H18F2N4O2S/c1-2-30-17-8-10-25-16-7-6-14(11-15(16)17)12-18-20(29)28-21(31-18)27-13-22(23,24)19-5-3-4-9-26-19/h3-12H,2,13H2,1H3,(H,27,28,29)/b18-12-. The summed E-state index contributed by atoms with van der Waals surface area (Å²) in [6.45, 7) is 1.61. The van der Waals surface area contributed by atoms with Crippen LogP contribution >= 0.6 is 11.8 Å². The van der Waals surface area contributed by atoms with Gasteiger partial charge in [-0.2, -0.15) is 8.78 Å². The van der Waals surface area contributed by atoms with E-state index in [1.165, 1.54) is 18.3 Å². The average Bonchev–Trinajstić information content (AvgIpc) is 3.13. The fourth-order valence-electron chi connectivity index (χ4n) is 2.99. The van der Waals surface area contributed by atoms with Crippen molar-refractivity contribution in [3.63, 3.8) is 0 Å². The highest BCUT2D eigenvalue weighted by Crippen LogP contribution is 2.31. The third kappa shape index (κ3) is 4.72. The van der Waals surface area contributed by atoms with Gasteiger partial charge in [0.2, 0.25) is 0 Å². The molecule has 0 saturated carbocycles. The molecule has 0 unspecified atom stereocenters. The molecule has 6 nitrogen and oxygen atoms in total. The van der Waals surface area contributed by atoms with Gasteiger partial charge in [-0.05, 0) is 60.7 Å². The van der Waals surface area contributed by atoms with Gasteiger partial charge in [-0.1, -0.05) is 12.1 Å². The molecule has 158 valence electrons. The molecule has 1 saturated heterocycles. The Balaban J connectivity index is 1.54. The average molecular weight is 440 g/mol. The van der Waals surface area contributed by atoms with Gasteiger partial charge >= 0.3 is 5.92 Å². The molecular formula is C22H18F2N4O2S. The van der Waals surface area contributed by atoms with Crippen molar-refractivity contribution in [1.82, 2.24) is 15.3 Å². The predicted octanol–water partition coefficient (Wildman–Crippen LogP) is 4.38. The van der Waals surface area contributed by atoms with E-state index in [0.717, 1.165) is 28.2 Å². The Morgan fingerprint density at radius 2 is 2.06 bits per heavy atom. The fourth-order valence-corrected chi connectivity index (χ4v) is 3.81. The van der Waals surface area contributed by atoms with E-state index in [0.29, 0.717) is 17.3 Å². The van der Waals surface area contributed by atoms with Gasteiger partial charge in [-0.15, -0.1) is 0 Å². The molecule has 1 aliphatic heterocycles. The summed E-state index contributed by atoms with van der Waals surface area (Å²) in [5.74, 6) is -2.91. The minimum Gasteiger partial charge on any atom is -0.493 e. The van der Waals surface area contributed by atoms with E-state index in [-0.39, 0.29) is 16.8 Å². The van der Waals surface area contributed by atoms with Crippen LogP contribution < -0.4 is 10.1 Å². The second-order valence-electron chi connectivity index (χ2n) is 6.62. The van der Waals surface area contributed by atoms with Gasteiger partial charge in [0.25, 0.3) is 5.91 Å². The van der Waals surface area contributed by atoms with Crippen LogP contribution in [0.1, 0.15) is 18.2 Å². The number of aromatic nitrogens is 2. The van der Waals surface area contributed by atoms with Crippen LogP contribution in [-0.2, 0) is 10.7 Å². The summed E-state index contributed by atoms with van der Waals surface area (Å²) in [7, 11) is 0. The maximum absolute atomic E-state index is 14.3. The Kier molecular flexibility index (Phi) is 5.94. The number of amidine groups is 1. The highest BCUT2D eigenvalue weighted by Gasteiger charge is 2.34. The van der Waals surface area contributed by atoms with E-state index >= 15 is 0 Å². The Morgan fingerprint density at radius 3 is 2.84 bits per heavy atom. The number of nitrogens with zero attached hydrogens (tertiary/aromatic N) is 3. The van der Waals surface area contributed by atoms with Crippen LogP contribution in [0.4, 0.5) is 8.78 Å². The van der Waals surface area contributed by atoms with Crippen LogP contribution in [0.2, 0.25) is 0 Å². The van der Waals surface area contributed by atoms with Crippen molar-refractivity contribution >= 4 is 39.8 Å². The summed E-state index contributed by atoms with van der Waals surface area (Å²) in [6.07, 6.45) is 4.66. The molecule has 1 fully saturated rings. The number of ether oxygens (including phenoxy) is 1. The van der Waals surface area contributed by atoms with E-state index in [1.54, 1.807) is 24.4 Å². The van der Waals surface area contributed by atoms with Crippen molar-refractivity contribution in [3.05, 3.63) is 71.0 Å². The first-order valence-electron chi connectivity index (χ1n) is 9.52. The van der Waals surface area contributed by atoms with Crippen molar-refractivity contribution in [2.24, 2.45) is 4.99 Å². The number of nitrogens with one attached hydrogen (secondary N) is 1.